The number of nitrogens with zero attached hydrogens (tertiary/aromatic N) is 2. The molecule has 0 unspecified atom stereocenters. The smallest absolute Gasteiger partial charge is 0.475 e. The molecule has 3 rings (SSSR count). The highest BCUT2D eigenvalue weighted by molar-refractivity contribution is 5.73. The summed E-state index contributed by atoms with van der Waals surface area (Å²) in [5.41, 5.74) is 3.48. The van der Waals surface area contributed by atoms with Crippen LogP contribution in [0, 0.1) is 25.6 Å². The minimum absolute atomic E-state index is 0.155. The molecule has 0 radical (unpaired) electrons. The summed E-state index contributed by atoms with van der Waals surface area (Å²) in [6.45, 7) is 7.14. The van der Waals surface area contributed by atoms with Crippen LogP contribution in [-0.2, 0) is 17.8 Å². The van der Waals surface area contributed by atoms with E-state index in [1.54, 1.807) is 12.1 Å². The zero-order chi connectivity index (χ0) is 21.6. The molecule has 160 valence electrons. The quantitative estimate of drug-likeness (QED) is 0.743. The van der Waals surface area contributed by atoms with E-state index in [0.29, 0.717) is 5.92 Å². The van der Waals surface area contributed by atoms with Crippen LogP contribution in [0.3, 0.4) is 0 Å². The van der Waals surface area contributed by atoms with E-state index in [1.807, 2.05) is 26.0 Å². The van der Waals surface area contributed by atoms with Crippen LogP contribution in [-0.4, -0.2) is 40.4 Å². The average molecular weight is 416 g/mol. The molecule has 29 heavy (non-hydrogen) atoms. The zero-order valence-electron chi connectivity index (χ0n) is 16.3. The van der Waals surface area contributed by atoms with Gasteiger partial charge in [0.1, 0.15) is 11.6 Å². The molecule has 0 amide bonds. The zero-order valence-corrected chi connectivity index (χ0v) is 16.3. The molecule has 0 saturated carbocycles. The van der Waals surface area contributed by atoms with Gasteiger partial charge in [-0.1, -0.05) is 17.3 Å². The van der Waals surface area contributed by atoms with Crippen molar-refractivity contribution in [1.82, 2.24) is 10.1 Å². The van der Waals surface area contributed by atoms with Crippen LogP contribution in [0.5, 0.6) is 0 Å². The van der Waals surface area contributed by atoms with Gasteiger partial charge < -0.3 is 9.63 Å². The minimum Gasteiger partial charge on any atom is -0.475 e. The lowest BCUT2D eigenvalue weighted by atomic mass is 9.90. The van der Waals surface area contributed by atoms with E-state index in [-0.39, 0.29) is 5.82 Å². The third-order valence-corrected chi connectivity index (χ3v) is 4.95. The molecular weight excluding hydrogens is 392 g/mol. The Labute approximate surface area is 166 Å². The summed E-state index contributed by atoms with van der Waals surface area (Å²) in [4.78, 5) is 11.4. The standard InChI is InChI=1S/C18H23FN2O.C2HF3O2/c1-13-18(14(2)22-20-13)12-21-9-7-16(8-10-21)11-15-3-5-17(19)6-4-15;3-2(4,5)1(6)7/h3-6,16H,7-12H2,1-2H3;(H,6,7). The van der Waals surface area contributed by atoms with Crippen LogP contribution in [0.2, 0.25) is 0 Å². The van der Waals surface area contributed by atoms with Crippen LogP contribution in [0.1, 0.15) is 35.4 Å². The second-order valence-corrected chi connectivity index (χ2v) is 7.16. The van der Waals surface area contributed by atoms with E-state index in [9.17, 15) is 17.6 Å². The van der Waals surface area contributed by atoms with Crippen molar-refractivity contribution < 1.29 is 32.0 Å². The van der Waals surface area contributed by atoms with Crippen LogP contribution < -0.4 is 0 Å². The number of benzene rings is 1. The number of aliphatic carboxylic acids is 1. The number of aromatic nitrogens is 1. The number of alkyl halides is 3. The van der Waals surface area contributed by atoms with Gasteiger partial charge in [-0.3, -0.25) is 4.90 Å². The second-order valence-electron chi connectivity index (χ2n) is 7.16. The summed E-state index contributed by atoms with van der Waals surface area (Å²) in [7, 11) is 0. The monoisotopic (exact) mass is 416 g/mol. The van der Waals surface area contributed by atoms with Gasteiger partial charge in [0, 0.05) is 12.1 Å². The fraction of sp³-hybridized carbons (Fsp3) is 0.500. The number of carboxylic acid groups (broad SMARTS) is 1. The van der Waals surface area contributed by atoms with E-state index < -0.39 is 12.1 Å². The Hall–Kier alpha value is -2.42. The molecule has 1 aliphatic heterocycles. The first kappa shape index (κ1) is 22.9. The third kappa shape index (κ3) is 7.16. The lowest BCUT2D eigenvalue weighted by Crippen LogP contribution is -2.34. The van der Waals surface area contributed by atoms with E-state index in [2.05, 4.69) is 10.1 Å². The molecule has 1 aromatic heterocycles. The number of hydrogen-bond donors (Lipinski definition) is 1. The van der Waals surface area contributed by atoms with E-state index in [1.165, 1.54) is 24.0 Å². The summed E-state index contributed by atoms with van der Waals surface area (Å²) < 4.78 is 49.9. The predicted molar refractivity (Wildman–Crippen MR) is 97.8 cm³/mol. The van der Waals surface area contributed by atoms with Gasteiger partial charge in [0.05, 0.1) is 5.69 Å². The van der Waals surface area contributed by atoms with Gasteiger partial charge in [-0.05, 0) is 69.8 Å². The lowest BCUT2D eigenvalue weighted by molar-refractivity contribution is -0.192. The normalized spacial score (nSPS) is 15.7. The molecule has 1 saturated heterocycles. The SMILES string of the molecule is Cc1noc(C)c1CN1CCC(Cc2ccc(F)cc2)CC1.O=C(O)C(F)(F)F. The molecule has 9 heteroatoms. The molecule has 0 atom stereocenters. The molecule has 0 spiro atoms. The third-order valence-electron chi connectivity index (χ3n) is 4.95. The molecule has 0 aliphatic carbocycles. The number of carbonyl (C=O) groups is 1. The van der Waals surface area contributed by atoms with Crippen LogP contribution >= 0.6 is 0 Å². The number of carboxylic acids is 1. The number of likely N-dealkylation sites (tertiary alicyclic amines) is 1. The minimum atomic E-state index is -5.08. The molecule has 0 bridgehead atoms. The highest BCUT2D eigenvalue weighted by Crippen LogP contribution is 2.24. The van der Waals surface area contributed by atoms with Crippen LogP contribution in [0.25, 0.3) is 0 Å². The Morgan fingerprint density at radius 3 is 2.21 bits per heavy atom. The fourth-order valence-corrected chi connectivity index (χ4v) is 3.25. The number of rotatable bonds is 4. The van der Waals surface area contributed by atoms with Crippen molar-refractivity contribution >= 4 is 5.97 Å². The van der Waals surface area contributed by atoms with Gasteiger partial charge in [0.25, 0.3) is 0 Å². The van der Waals surface area contributed by atoms with Crippen LogP contribution in [0.4, 0.5) is 17.6 Å². The Morgan fingerprint density at radius 1 is 1.21 bits per heavy atom. The lowest BCUT2D eigenvalue weighted by Gasteiger charge is -2.32. The van der Waals surface area contributed by atoms with Crippen molar-refractivity contribution in [3.63, 3.8) is 0 Å². The average Bonchev–Trinajstić information content (AvgIpc) is 2.97. The molecule has 1 N–H and O–H groups in total. The molecule has 5 nitrogen and oxygen atoms in total. The highest BCUT2D eigenvalue weighted by atomic mass is 19.4. The maximum absolute atomic E-state index is 12.9. The number of halogens is 4. The number of hydrogen-bond acceptors (Lipinski definition) is 4. The molecule has 1 fully saturated rings. The fourth-order valence-electron chi connectivity index (χ4n) is 3.25. The molecule has 2 aromatic rings. The first-order valence-electron chi connectivity index (χ1n) is 9.25. The summed E-state index contributed by atoms with van der Waals surface area (Å²) in [5, 5.41) is 11.2. The summed E-state index contributed by atoms with van der Waals surface area (Å²) >= 11 is 0. The first-order chi connectivity index (χ1) is 13.6. The Balaban J connectivity index is 0.000000370. The number of aryl methyl sites for hydroxylation is 2. The van der Waals surface area contributed by atoms with Gasteiger partial charge in [0.2, 0.25) is 0 Å². The van der Waals surface area contributed by atoms with Crippen molar-refractivity contribution in [2.24, 2.45) is 5.92 Å². The molecule has 1 aromatic carbocycles. The van der Waals surface area contributed by atoms with Crippen molar-refractivity contribution in [3.05, 3.63) is 52.7 Å². The second kappa shape index (κ2) is 9.87. The molecule has 2 heterocycles. The van der Waals surface area contributed by atoms with Crippen molar-refractivity contribution in [2.45, 2.75) is 45.8 Å². The maximum Gasteiger partial charge on any atom is 0.490 e. The van der Waals surface area contributed by atoms with E-state index in [0.717, 1.165) is 37.5 Å². The van der Waals surface area contributed by atoms with Crippen molar-refractivity contribution in [3.8, 4) is 0 Å². The van der Waals surface area contributed by atoms with Gasteiger partial charge in [-0.2, -0.15) is 13.2 Å². The summed E-state index contributed by atoms with van der Waals surface area (Å²) in [5.74, 6) is -1.28. The number of piperidine rings is 1. The van der Waals surface area contributed by atoms with E-state index in [4.69, 9.17) is 14.4 Å². The highest BCUT2D eigenvalue weighted by Gasteiger charge is 2.38. The largest absolute Gasteiger partial charge is 0.490 e. The molecular formula is C20H24F4N2O3. The topological polar surface area (TPSA) is 66.6 Å². The Kier molecular flexibility index (Phi) is 7.78. The maximum atomic E-state index is 12.9. The van der Waals surface area contributed by atoms with Gasteiger partial charge in [-0.15, -0.1) is 0 Å². The van der Waals surface area contributed by atoms with Crippen LogP contribution in [0.15, 0.2) is 28.8 Å². The van der Waals surface area contributed by atoms with E-state index >= 15 is 0 Å². The predicted octanol–water partition coefficient (Wildman–Crippen LogP) is 4.52. The van der Waals surface area contributed by atoms with Gasteiger partial charge in [0.15, 0.2) is 0 Å². The molecule has 1 aliphatic rings. The summed E-state index contributed by atoms with van der Waals surface area (Å²) in [6, 6.07) is 6.93. The van der Waals surface area contributed by atoms with Gasteiger partial charge in [-0.25, -0.2) is 9.18 Å². The van der Waals surface area contributed by atoms with Gasteiger partial charge >= 0.3 is 12.1 Å². The Bertz CT molecular complexity index is 776. The summed E-state index contributed by atoms with van der Waals surface area (Å²) in [6.07, 6.45) is -1.64. The Morgan fingerprint density at radius 2 is 1.76 bits per heavy atom. The first-order valence-corrected chi connectivity index (χ1v) is 9.25. The van der Waals surface area contributed by atoms with Crippen molar-refractivity contribution in [1.29, 1.82) is 0 Å². The van der Waals surface area contributed by atoms with Crippen molar-refractivity contribution in [2.75, 3.05) is 13.1 Å².